The summed E-state index contributed by atoms with van der Waals surface area (Å²) in [6.07, 6.45) is 0.696. The number of imide groups is 1. The molecule has 170 valence electrons. The molecule has 1 N–H and O–H groups in total. The lowest BCUT2D eigenvalue weighted by Gasteiger charge is -2.16. The minimum atomic E-state index is -0.323. The van der Waals surface area contributed by atoms with Crippen molar-refractivity contribution in [3.63, 3.8) is 0 Å². The molecule has 0 bridgehead atoms. The number of rotatable bonds is 10. The zero-order chi connectivity index (χ0) is 23.3. The Morgan fingerprint density at radius 1 is 1.03 bits per heavy atom. The van der Waals surface area contributed by atoms with Crippen molar-refractivity contribution in [2.24, 2.45) is 0 Å². The molecule has 2 aromatic rings. The SMILES string of the molecule is CCOc1cccc(NC2=C(c3ccc(C)cc3C)C(=O)N(CCCOC(C)C)C2=O)c1. The molecular formula is C26H32N2O4. The topological polar surface area (TPSA) is 67.9 Å². The van der Waals surface area contributed by atoms with E-state index in [2.05, 4.69) is 5.32 Å². The van der Waals surface area contributed by atoms with Crippen molar-refractivity contribution >= 4 is 23.1 Å². The summed E-state index contributed by atoms with van der Waals surface area (Å²) in [5.74, 6) is 0.0944. The van der Waals surface area contributed by atoms with E-state index < -0.39 is 0 Å². The molecule has 1 heterocycles. The second kappa shape index (κ2) is 10.5. The number of anilines is 1. The average molecular weight is 437 g/mol. The van der Waals surface area contributed by atoms with Crippen molar-refractivity contribution in [2.45, 2.75) is 47.1 Å². The molecule has 6 nitrogen and oxygen atoms in total. The van der Waals surface area contributed by atoms with Crippen LogP contribution in [0.5, 0.6) is 5.75 Å². The van der Waals surface area contributed by atoms with Crippen LogP contribution in [0.4, 0.5) is 5.69 Å². The van der Waals surface area contributed by atoms with E-state index >= 15 is 0 Å². The Bertz CT molecular complexity index is 1030. The Morgan fingerprint density at radius 3 is 2.50 bits per heavy atom. The van der Waals surface area contributed by atoms with Crippen LogP contribution in [-0.2, 0) is 14.3 Å². The number of hydrogen-bond acceptors (Lipinski definition) is 5. The van der Waals surface area contributed by atoms with E-state index in [1.807, 2.05) is 77.1 Å². The molecule has 6 heteroatoms. The van der Waals surface area contributed by atoms with Gasteiger partial charge in [-0.3, -0.25) is 14.5 Å². The van der Waals surface area contributed by atoms with Gasteiger partial charge in [-0.2, -0.15) is 0 Å². The molecule has 0 radical (unpaired) electrons. The quantitative estimate of drug-likeness (QED) is 0.432. The third-order valence-corrected chi connectivity index (χ3v) is 5.21. The van der Waals surface area contributed by atoms with Crippen molar-refractivity contribution < 1.29 is 19.1 Å². The highest BCUT2D eigenvalue weighted by atomic mass is 16.5. The molecule has 1 aliphatic heterocycles. The molecule has 0 aliphatic carbocycles. The van der Waals surface area contributed by atoms with Gasteiger partial charge in [-0.25, -0.2) is 0 Å². The Hall–Kier alpha value is -3.12. The highest BCUT2D eigenvalue weighted by Gasteiger charge is 2.39. The van der Waals surface area contributed by atoms with Crippen molar-refractivity contribution in [3.05, 3.63) is 64.9 Å². The number of nitrogens with zero attached hydrogens (tertiary/aromatic N) is 1. The van der Waals surface area contributed by atoms with Crippen LogP contribution in [0, 0.1) is 13.8 Å². The molecule has 0 atom stereocenters. The molecule has 1 aliphatic rings. The van der Waals surface area contributed by atoms with Gasteiger partial charge in [-0.05, 0) is 64.3 Å². The van der Waals surface area contributed by atoms with E-state index in [0.717, 1.165) is 16.7 Å². The number of amides is 2. The Labute approximate surface area is 190 Å². The van der Waals surface area contributed by atoms with Gasteiger partial charge in [0.05, 0.1) is 18.3 Å². The lowest BCUT2D eigenvalue weighted by Crippen LogP contribution is -2.34. The van der Waals surface area contributed by atoms with Crippen molar-refractivity contribution in [1.82, 2.24) is 4.90 Å². The smallest absolute Gasteiger partial charge is 0.278 e. The predicted octanol–water partition coefficient (Wildman–Crippen LogP) is 4.71. The van der Waals surface area contributed by atoms with Gasteiger partial charge in [-0.1, -0.05) is 29.8 Å². The second-order valence-corrected chi connectivity index (χ2v) is 8.19. The fraction of sp³-hybridized carbons (Fsp3) is 0.385. The fourth-order valence-corrected chi connectivity index (χ4v) is 3.76. The highest BCUT2D eigenvalue weighted by molar-refractivity contribution is 6.36. The summed E-state index contributed by atoms with van der Waals surface area (Å²) >= 11 is 0. The monoisotopic (exact) mass is 436 g/mol. The summed E-state index contributed by atoms with van der Waals surface area (Å²) in [7, 11) is 0. The lowest BCUT2D eigenvalue weighted by atomic mass is 9.97. The van der Waals surface area contributed by atoms with Crippen LogP contribution in [0.3, 0.4) is 0 Å². The summed E-state index contributed by atoms with van der Waals surface area (Å²) in [5, 5.41) is 3.21. The van der Waals surface area contributed by atoms with Gasteiger partial charge in [0.25, 0.3) is 11.8 Å². The first-order valence-corrected chi connectivity index (χ1v) is 11.1. The van der Waals surface area contributed by atoms with Crippen molar-refractivity contribution in [2.75, 3.05) is 25.1 Å². The van der Waals surface area contributed by atoms with Gasteiger partial charge in [0.15, 0.2) is 0 Å². The van der Waals surface area contributed by atoms with Gasteiger partial charge in [0.1, 0.15) is 11.4 Å². The number of benzene rings is 2. The summed E-state index contributed by atoms with van der Waals surface area (Å²) in [5.41, 5.74) is 4.20. The fourth-order valence-electron chi connectivity index (χ4n) is 3.76. The molecule has 2 aromatic carbocycles. The average Bonchev–Trinajstić information content (AvgIpc) is 2.96. The Balaban J connectivity index is 1.95. The second-order valence-electron chi connectivity index (χ2n) is 8.19. The number of nitrogens with one attached hydrogen (secondary N) is 1. The molecule has 3 rings (SSSR count). The van der Waals surface area contributed by atoms with E-state index in [0.29, 0.717) is 48.9 Å². The van der Waals surface area contributed by atoms with Crippen LogP contribution in [0.2, 0.25) is 0 Å². The van der Waals surface area contributed by atoms with Crippen LogP contribution in [0.1, 0.15) is 43.9 Å². The third-order valence-electron chi connectivity index (χ3n) is 5.21. The number of hydrogen-bond donors (Lipinski definition) is 1. The number of aryl methyl sites for hydroxylation is 2. The molecule has 0 unspecified atom stereocenters. The molecule has 0 fully saturated rings. The van der Waals surface area contributed by atoms with E-state index in [1.165, 1.54) is 4.90 Å². The van der Waals surface area contributed by atoms with Crippen LogP contribution >= 0.6 is 0 Å². The standard InChI is InChI=1S/C26H32N2O4/c1-6-31-21-10-7-9-20(16-21)27-24-23(22-12-11-18(4)15-19(22)5)25(29)28(26(24)30)13-8-14-32-17(2)3/h7,9-12,15-17,27H,6,8,13-14H2,1-5H3. The van der Waals surface area contributed by atoms with Crippen LogP contribution in [-0.4, -0.2) is 42.6 Å². The van der Waals surface area contributed by atoms with Gasteiger partial charge in [0, 0.05) is 24.9 Å². The Morgan fingerprint density at radius 2 is 1.81 bits per heavy atom. The zero-order valence-corrected chi connectivity index (χ0v) is 19.5. The molecule has 2 amide bonds. The maximum atomic E-state index is 13.4. The van der Waals surface area contributed by atoms with Crippen molar-refractivity contribution in [1.29, 1.82) is 0 Å². The summed E-state index contributed by atoms with van der Waals surface area (Å²) in [6.45, 7) is 11.2. The minimum Gasteiger partial charge on any atom is -0.494 e. The molecule has 0 spiro atoms. The predicted molar refractivity (Wildman–Crippen MR) is 126 cm³/mol. The number of ether oxygens (including phenoxy) is 2. The van der Waals surface area contributed by atoms with Gasteiger partial charge in [0.2, 0.25) is 0 Å². The van der Waals surface area contributed by atoms with Gasteiger partial charge < -0.3 is 14.8 Å². The third kappa shape index (κ3) is 5.37. The van der Waals surface area contributed by atoms with E-state index in [9.17, 15) is 9.59 Å². The van der Waals surface area contributed by atoms with E-state index in [4.69, 9.17) is 9.47 Å². The molecule has 32 heavy (non-hydrogen) atoms. The largest absolute Gasteiger partial charge is 0.494 e. The molecular weight excluding hydrogens is 404 g/mol. The number of carbonyl (C=O) groups excluding carboxylic acids is 2. The number of carbonyl (C=O) groups is 2. The first kappa shape index (κ1) is 23.5. The first-order chi connectivity index (χ1) is 15.3. The van der Waals surface area contributed by atoms with E-state index in [1.54, 1.807) is 0 Å². The van der Waals surface area contributed by atoms with Crippen LogP contribution in [0.25, 0.3) is 5.57 Å². The maximum Gasteiger partial charge on any atom is 0.278 e. The first-order valence-electron chi connectivity index (χ1n) is 11.1. The maximum absolute atomic E-state index is 13.4. The van der Waals surface area contributed by atoms with Crippen LogP contribution in [0.15, 0.2) is 48.2 Å². The summed E-state index contributed by atoms with van der Waals surface area (Å²) in [4.78, 5) is 28.0. The van der Waals surface area contributed by atoms with Crippen LogP contribution < -0.4 is 10.1 Å². The lowest BCUT2D eigenvalue weighted by molar-refractivity contribution is -0.137. The molecule has 0 saturated carbocycles. The summed E-state index contributed by atoms with van der Waals surface area (Å²) in [6, 6.07) is 13.3. The Kier molecular flexibility index (Phi) is 7.70. The zero-order valence-electron chi connectivity index (χ0n) is 19.5. The molecule has 0 saturated heterocycles. The van der Waals surface area contributed by atoms with Gasteiger partial charge in [-0.15, -0.1) is 0 Å². The van der Waals surface area contributed by atoms with Crippen molar-refractivity contribution in [3.8, 4) is 5.75 Å². The minimum absolute atomic E-state index is 0.110. The highest BCUT2D eigenvalue weighted by Crippen LogP contribution is 2.33. The molecule has 0 aromatic heterocycles. The van der Waals surface area contributed by atoms with E-state index in [-0.39, 0.29) is 17.9 Å². The normalized spacial score (nSPS) is 14.0. The summed E-state index contributed by atoms with van der Waals surface area (Å²) < 4.78 is 11.2. The van der Waals surface area contributed by atoms with Gasteiger partial charge >= 0.3 is 0 Å².